The Labute approximate surface area is 113 Å². The predicted octanol–water partition coefficient (Wildman–Crippen LogP) is 5.17. The molecule has 0 aromatic heterocycles. The highest BCUT2D eigenvalue weighted by Gasteiger charge is 2.35. The molecule has 1 nitrogen and oxygen atoms in total. The average molecular weight is 325 g/mol. The van der Waals surface area contributed by atoms with E-state index in [4.69, 9.17) is 4.74 Å². The Morgan fingerprint density at radius 1 is 1.22 bits per heavy atom. The van der Waals surface area contributed by atoms with Crippen LogP contribution < -0.4 is 4.74 Å². The second-order valence-electron chi connectivity index (χ2n) is 4.02. The number of hydrogen-bond donors (Lipinski definition) is 0. The molecule has 0 bridgehead atoms. The van der Waals surface area contributed by atoms with Gasteiger partial charge in [-0.3, -0.25) is 0 Å². The Morgan fingerprint density at radius 2 is 1.83 bits per heavy atom. The average Bonchev–Trinajstić information content (AvgIpc) is 2.34. The predicted molar refractivity (Wildman–Crippen MR) is 69.1 cm³/mol. The molecular weight excluding hydrogens is 309 g/mol. The van der Waals surface area contributed by atoms with E-state index in [1.54, 1.807) is 6.07 Å². The molecule has 1 rings (SSSR count). The maximum atomic E-state index is 12.9. The van der Waals surface area contributed by atoms with E-state index in [1.807, 2.05) is 13.8 Å². The Bertz CT molecular complexity index is 386. The molecule has 0 spiro atoms. The SMILES string of the molecule is CCC(CC)Oc1ccc(CBr)cc1C(F)(F)F. The first-order chi connectivity index (χ1) is 8.42. The van der Waals surface area contributed by atoms with Crippen molar-refractivity contribution in [3.8, 4) is 5.75 Å². The van der Waals surface area contributed by atoms with Crippen LogP contribution in [0.1, 0.15) is 37.8 Å². The summed E-state index contributed by atoms with van der Waals surface area (Å²) in [4.78, 5) is 0. The van der Waals surface area contributed by atoms with Crippen LogP contribution in [0.25, 0.3) is 0 Å². The van der Waals surface area contributed by atoms with Crippen molar-refractivity contribution in [2.24, 2.45) is 0 Å². The van der Waals surface area contributed by atoms with Gasteiger partial charge in [-0.1, -0.05) is 35.8 Å². The summed E-state index contributed by atoms with van der Waals surface area (Å²) >= 11 is 3.15. The lowest BCUT2D eigenvalue weighted by atomic mass is 10.1. The first kappa shape index (κ1) is 15.3. The molecule has 0 aliphatic carbocycles. The third kappa shape index (κ3) is 3.90. The van der Waals surface area contributed by atoms with E-state index >= 15 is 0 Å². The van der Waals surface area contributed by atoms with E-state index in [0.717, 1.165) is 6.07 Å². The molecule has 0 heterocycles. The number of alkyl halides is 4. The Balaban J connectivity index is 3.10. The molecule has 18 heavy (non-hydrogen) atoms. The normalized spacial score (nSPS) is 11.9. The Morgan fingerprint density at radius 3 is 2.28 bits per heavy atom. The van der Waals surface area contributed by atoms with Crippen molar-refractivity contribution < 1.29 is 17.9 Å². The van der Waals surface area contributed by atoms with E-state index in [1.165, 1.54) is 6.07 Å². The first-order valence-electron chi connectivity index (χ1n) is 5.85. The minimum Gasteiger partial charge on any atom is -0.490 e. The van der Waals surface area contributed by atoms with Crippen LogP contribution in [-0.4, -0.2) is 6.10 Å². The first-order valence-corrected chi connectivity index (χ1v) is 6.97. The van der Waals surface area contributed by atoms with E-state index in [2.05, 4.69) is 15.9 Å². The highest BCUT2D eigenvalue weighted by atomic mass is 79.9. The lowest BCUT2D eigenvalue weighted by molar-refractivity contribution is -0.139. The van der Waals surface area contributed by atoms with Crippen LogP contribution in [0.4, 0.5) is 13.2 Å². The molecule has 1 aromatic carbocycles. The molecule has 0 fully saturated rings. The minimum atomic E-state index is -4.39. The number of halogens is 4. The summed E-state index contributed by atoms with van der Waals surface area (Å²) in [7, 11) is 0. The third-order valence-corrected chi connectivity index (χ3v) is 3.36. The van der Waals surface area contributed by atoms with Crippen LogP contribution in [0.2, 0.25) is 0 Å². The summed E-state index contributed by atoms with van der Waals surface area (Å²) in [6.07, 6.45) is -3.19. The molecule has 0 saturated carbocycles. The van der Waals surface area contributed by atoms with Gasteiger partial charge >= 0.3 is 6.18 Å². The van der Waals surface area contributed by atoms with Crippen LogP contribution in [0.3, 0.4) is 0 Å². The van der Waals surface area contributed by atoms with Crippen molar-refractivity contribution in [3.05, 3.63) is 29.3 Å². The zero-order valence-electron chi connectivity index (χ0n) is 10.4. The summed E-state index contributed by atoms with van der Waals surface area (Å²) in [5.74, 6) is -0.0825. The molecule has 0 radical (unpaired) electrons. The number of rotatable bonds is 5. The summed E-state index contributed by atoms with van der Waals surface area (Å²) in [5, 5.41) is 0.390. The van der Waals surface area contributed by atoms with Gasteiger partial charge in [0.15, 0.2) is 0 Å². The van der Waals surface area contributed by atoms with E-state index in [-0.39, 0.29) is 11.9 Å². The Hall–Kier alpha value is -0.710. The van der Waals surface area contributed by atoms with Gasteiger partial charge in [0.2, 0.25) is 0 Å². The largest absolute Gasteiger partial charge is 0.490 e. The smallest absolute Gasteiger partial charge is 0.419 e. The molecule has 0 unspecified atom stereocenters. The molecule has 0 N–H and O–H groups in total. The van der Waals surface area contributed by atoms with Gasteiger partial charge in [0.05, 0.1) is 11.7 Å². The zero-order chi connectivity index (χ0) is 13.8. The molecule has 0 aliphatic rings. The van der Waals surface area contributed by atoms with E-state index in [0.29, 0.717) is 23.7 Å². The van der Waals surface area contributed by atoms with Crippen molar-refractivity contribution in [2.75, 3.05) is 0 Å². The molecule has 0 aliphatic heterocycles. The summed E-state index contributed by atoms with van der Waals surface area (Å²) < 4.78 is 44.2. The molecule has 0 atom stereocenters. The standard InChI is InChI=1S/C13H16BrF3O/c1-3-10(4-2)18-12-6-5-9(8-14)7-11(12)13(15,16)17/h5-7,10H,3-4,8H2,1-2H3. The van der Waals surface area contributed by atoms with Crippen molar-refractivity contribution in [3.63, 3.8) is 0 Å². The third-order valence-electron chi connectivity index (χ3n) is 2.71. The van der Waals surface area contributed by atoms with Crippen LogP contribution in [0.15, 0.2) is 18.2 Å². The lowest BCUT2D eigenvalue weighted by Gasteiger charge is -2.20. The van der Waals surface area contributed by atoms with Gasteiger partial charge in [-0.05, 0) is 30.5 Å². The van der Waals surface area contributed by atoms with Gasteiger partial charge in [-0.25, -0.2) is 0 Å². The highest BCUT2D eigenvalue weighted by molar-refractivity contribution is 9.08. The fourth-order valence-electron chi connectivity index (χ4n) is 1.62. The number of hydrogen-bond acceptors (Lipinski definition) is 1. The lowest BCUT2D eigenvalue weighted by Crippen LogP contribution is -2.17. The van der Waals surface area contributed by atoms with Gasteiger partial charge in [-0.15, -0.1) is 0 Å². The molecule has 0 amide bonds. The van der Waals surface area contributed by atoms with Crippen LogP contribution in [-0.2, 0) is 11.5 Å². The summed E-state index contributed by atoms with van der Waals surface area (Å²) in [5.41, 5.74) is -0.120. The van der Waals surface area contributed by atoms with Gasteiger partial charge in [0, 0.05) is 5.33 Å². The van der Waals surface area contributed by atoms with Crippen molar-refractivity contribution in [2.45, 2.75) is 44.3 Å². The van der Waals surface area contributed by atoms with E-state index in [9.17, 15) is 13.2 Å². The maximum Gasteiger partial charge on any atom is 0.419 e. The summed E-state index contributed by atoms with van der Waals surface area (Å²) in [6, 6.07) is 4.17. The molecule has 0 saturated heterocycles. The zero-order valence-corrected chi connectivity index (χ0v) is 11.9. The monoisotopic (exact) mass is 324 g/mol. The number of ether oxygens (including phenoxy) is 1. The van der Waals surface area contributed by atoms with Crippen molar-refractivity contribution >= 4 is 15.9 Å². The van der Waals surface area contributed by atoms with Crippen molar-refractivity contribution in [1.29, 1.82) is 0 Å². The molecule has 5 heteroatoms. The van der Waals surface area contributed by atoms with Crippen LogP contribution >= 0.6 is 15.9 Å². The topological polar surface area (TPSA) is 9.23 Å². The second kappa shape index (κ2) is 6.45. The van der Waals surface area contributed by atoms with Gasteiger partial charge < -0.3 is 4.74 Å². The fourth-order valence-corrected chi connectivity index (χ4v) is 1.97. The Kier molecular flexibility index (Phi) is 5.50. The number of benzene rings is 1. The molecule has 1 aromatic rings. The quantitative estimate of drug-likeness (QED) is 0.679. The summed E-state index contributed by atoms with van der Waals surface area (Å²) in [6.45, 7) is 3.79. The highest BCUT2D eigenvalue weighted by Crippen LogP contribution is 2.37. The van der Waals surface area contributed by atoms with Crippen LogP contribution in [0.5, 0.6) is 5.75 Å². The molecular formula is C13H16BrF3O. The minimum absolute atomic E-state index is 0.0825. The van der Waals surface area contributed by atoms with Crippen LogP contribution in [0, 0.1) is 0 Å². The van der Waals surface area contributed by atoms with E-state index < -0.39 is 11.7 Å². The van der Waals surface area contributed by atoms with Gasteiger partial charge in [0.25, 0.3) is 0 Å². The maximum absolute atomic E-state index is 12.9. The fraction of sp³-hybridized carbons (Fsp3) is 0.538. The second-order valence-corrected chi connectivity index (χ2v) is 4.58. The van der Waals surface area contributed by atoms with Crippen molar-refractivity contribution in [1.82, 2.24) is 0 Å². The van der Waals surface area contributed by atoms with Gasteiger partial charge in [-0.2, -0.15) is 13.2 Å². The van der Waals surface area contributed by atoms with Gasteiger partial charge in [0.1, 0.15) is 5.75 Å². The molecule has 102 valence electrons.